The number of carboxylic acids is 1. The van der Waals surface area contributed by atoms with E-state index in [4.69, 9.17) is 5.11 Å². The number of carbonyl (C=O) groups is 1. The van der Waals surface area contributed by atoms with Crippen molar-refractivity contribution >= 4 is 31.7 Å². The highest BCUT2D eigenvalue weighted by Crippen LogP contribution is 2.29. The summed E-state index contributed by atoms with van der Waals surface area (Å²) in [5.74, 6) is -0.987. The van der Waals surface area contributed by atoms with E-state index in [-0.39, 0.29) is 23.2 Å². The van der Waals surface area contributed by atoms with Crippen molar-refractivity contribution in [3.8, 4) is 0 Å². The molecule has 2 rings (SSSR count). The average molecular weight is 376 g/mol. The van der Waals surface area contributed by atoms with E-state index in [0.29, 0.717) is 4.47 Å². The first-order chi connectivity index (χ1) is 9.81. The first-order valence-corrected chi connectivity index (χ1v) is 9.22. The van der Waals surface area contributed by atoms with Crippen LogP contribution in [0.4, 0.5) is 0 Å². The number of hydrogen-bond donors (Lipinski definition) is 1. The van der Waals surface area contributed by atoms with Gasteiger partial charge in [0.1, 0.15) is 6.04 Å². The van der Waals surface area contributed by atoms with Crippen LogP contribution >= 0.6 is 15.9 Å². The molecule has 0 aliphatic heterocycles. The maximum absolute atomic E-state index is 12.3. The molecular formula is C14H18BrNO4S. The molecule has 21 heavy (non-hydrogen) atoms. The lowest BCUT2D eigenvalue weighted by atomic mass is 10.3. The third kappa shape index (κ3) is 4.28. The molecule has 0 radical (unpaired) electrons. The number of rotatable bonds is 7. The van der Waals surface area contributed by atoms with E-state index in [1.807, 2.05) is 0 Å². The van der Waals surface area contributed by atoms with Crippen molar-refractivity contribution in [2.24, 2.45) is 0 Å². The zero-order valence-electron chi connectivity index (χ0n) is 11.7. The van der Waals surface area contributed by atoms with Gasteiger partial charge in [0.15, 0.2) is 9.84 Å². The summed E-state index contributed by atoms with van der Waals surface area (Å²) >= 11 is 3.26. The molecule has 0 amide bonds. The fraction of sp³-hybridized carbons (Fsp3) is 0.500. The summed E-state index contributed by atoms with van der Waals surface area (Å²) in [5.41, 5.74) is 0. The van der Waals surface area contributed by atoms with Crippen molar-refractivity contribution in [3.05, 3.63) is 28.7 Å². The number of carboxylic acid groups (broad SMARTS) is 1. The minimum absolute atomic E-state index is 0.0719. The van der Waals surface area contributed by atoms with Crippen LogP contribution < -0.4 is 0 Å². The number of nitrogens with zero attached hydrogens (tertiary/aromatic N) is 1. The molecule has 1 fully saturated rings. The molecule has 1 N–H and O–H groups in total. The third-order valence-electron chi connectivity index (χ3n) is 3.64. The second-order valence-corrected chi connectivity index (χ2v) is 8.28. The van der Waals surface area contributed by atoms with E-state index in [2.05, 4.69) is 15.9 Å². The summed E-state index contributed by atoms with van der Waals surface area (Å²) in [7, 11) is -3.41. The lowest BCUT2D eigenvalue weighted by Crippen LogP contribution is -2.43. The summed E-state index contributed by atoms with van der Waals surface area (Å²) < 4.78 is 25.4. The zero-order valence-corrected chi connectivity index (χ0v) is 14.1. The molecule has 1 aromatic carbocycles. The van der Waals surface area contributed by atoms with Crippen molar-refractivity contribution < 1.29 is 18.3 Å². The summed E-state index contributed by atoms with van der Waals surface area (Å²) in [4.78, 5) is 13.2. The lowest BCUT2D eigenvalue weighted by Gasteiger charge is -2.25. The highest BCUT2D eigenvalue weighted by atomic mass is 79.9. The predicted octanol–water partition coefficient (Wildman–Crippen LogP) is 2.16. The van der Waals surface area contributed by atoms with Crippen molar-refractivity contribution in [2.45, 2.75) is 36.7 Å². The minimum Gasteiger partial charge on any atom is -0.480 e. The molecule has 116 valence electrons. The minimum atomic E-state index is -3.41. The summed E-state index contributed by atoms with van der Waals surface area (Å²) in [6.07, 6.45) is 1.88. The van der Waals surface area contributed by atoms with Gasteiger partial charge in [-0.15, -0.1) is 0 Å². The first kappa shape index (κ1) is 16.5. The van der Waals surface area contributed by atoms with Crippen molar-refractivity contribution in [1.82, 2.24) is 4.90 Å². The van der Waals surface area contributed by atoms with E-state index in [1.54, 1.807) is 36.1 Å². The number of aliphatic carboxylic acids is 1. The molecule has 1 aromatic rings. The Morgan fingerprint density at radius 2 is 2.14 bits per heavy atom. The van der Waals surface area contributed by atoms with Gasteiger partial charge in [0.25, 0.3) is 0 Å². The average Bonchev–Trinajstić information content (AvgIpc) is 3.23. The molecule has 7 heteroatoms. The van der Waals surface area contributed by atoms with Gasteiger partial charge in [-0.05, 0) is 38.0 Å². The van der Waals surface area contributed by atoms with E-state index in [1.165, 1.54) is 0 Å². The Hall–Kier alpha value is -0.920. The van der Waals surface area contributed by atoms with Crippen molar-refractivity contribution in [1.29, 1.82) is 0 Å². The van der Waals surface area contributed by atoms with Crippen molar-refractivity contribution in [3.63, 3.8) is 0 Å². The molecule has 5 nitrogen and oxygen atoms in total. The van der Waals surface area contributed by atoms with Gasteiger partial charge in [0, 0.05) is 17.1 Å². The molecule has 1 aliphatic rings. The van der Waals surface area contributed by atoms with Gasteiger partial charge in [-0.25, -0.2) is 8.42 Å². The Labute approximate surface area is 133 Å². The number of benzene rings is 1. The third-order valence-corrected chi connectivity index (χ3v) is 5.83. The number of sulfone groups is 1. The molecule has 1 atom stereocenters. The molecule has 1 saturated carbocycles. The van der Waals surface area contributed by atoms with Gasteiger partial charge in [0.2, 0.25) is 0 Å². The summed E-state index contributed by atoms with van der Waals surface area (Å²) in [6, 6.07) is 6.11. The first-order valence-electron chi connectivity index (χ1n) is 6.78. The largest absolute Gasteiger partial charge is 0.480 e. The molecule has 0 heterocycles. The monoisotopic (exact) mass is 375 g/mol. The van der Waals surface area contributed by atoms with Crippen LogP contribution in [0.3, 0.4) is 0 Å². The topological polar surface area (TPSA) is 74.7 Å². The van der Waals surface area contributed by atoms with Crippen LogP contribution in [0.5, 0.6) is 0 Å². The number of hydrogen-bond acceptors (Lipinski definition) is 4. The van der Waals surface area contributed by atoms with Gasteiger partial charge in [0.05, 0.1) is 10.6 Å². The smallest absolute Gasteiger partial charge is 0.320 e. The van der Waals surface area contributed by atoms with Crippen LogP contribution in [0.25, 0.3) is 0 Å². The zero-order chi connectivity index (χ0) is 15.6. The van der Waals surface area contributed by atoms with Crippen molar-refractivity contribution in [2.75, 3.05) is 12.3 Å². The maximum atomic E-state index is 12.3. The Morgan fingerprint density at radius 1 is 1.48 bits per heavy atom. The predicted molar refractivity (Wildman–Crippen MR) is 83.0 cm³/mol. The van der Waals surface area contributed by atoms with E-state index in [0.717, 1.165) is 12.8 Å². The summed E-state index contributed by atoms with van der Waals surface area (Å²) in [6.45, 7) is 1.85. The standard InChI is InChI=1S/C14H18BrNO4S/c1-10(14(17)18)16(12-5-6-12)7-8-21(19,20)13-4-2-3-11(15)9-13/h2-4,9-10,12H,5-8H2,1H3,(H,17,18). The molecule has 0 saturated heterocycles. The van der Waals surface area contributed by atoms with Gasteiger partial charge >= 0.3 is 5.97 Å². The fourth-order valence-electron chi connectivity index (χ4n) is 2.24. The van der Waals surface area contributed by atoms with Crippen LogP contribution in [-0.4, -0.2) is 48.8 Å². The Kier molecular flexibility index (Phi) is 5.06. The molecule has 0 spiro atoms. The molecule has 1 aliphatic carbocycles. The van der Waals surface area contributed by atoms with Gasteiger partial charge in [-0.3, -0.25) is 9.69 Å². The Bertz CT molecular complexity index is 628. The summed E-state index contributed by atoms with van der Waals surface area (Å²) in [5, 5.41) is 9.11. The van der Waals surface area contributed by atoms with E-state index >= 15 is 0 Å². The van der Waals surface area contributed by atoms with E-state index < -0.39 is 21.8 Å². The molecule has 1 unspecified atom stereocenters. The second kappa shape index (κ2) is 6.46. The highest BCUT2D eigenvalue weighted by Gasteiger charge is 2.35. The fourth-order valence-corrected chi connectivity index (χ4v) is 4.07. The maximum Gasteiger partial charge on any atom is 0.320 e. The number of halogens is 1. The normalized spacial score (nSPS) is 16.9. The van der Waals surface area contributed by atoms with Crippen LogP contribution in [0.1, 0.15) is 19.8 Å². The molecular weight excluding hydrogens is 358 g/mol. The molecule has 0 aromatic heterocycles. The van der Waals surface area contributed by atoms with Gasteiger partial charge in [-0.2, -0.15) is 0 Å². The Morgan fingerprint density at radius 3 is 2.67 bits per heavy atom. The van der Waals surface area contributed by atoms with E-state index in [9.17, 15) is 13.2 Å². The highest BCUT2D eigenvalue weighted by molar-refractivity contribution is 9.10. The van der Waals surface area contributed by atoms with Crippen LogP contribution in [0.15, 0.2) is 33.6 Å². The van der Waals surface area contributed by atoms with Crippen LogP contribution in [-0.2, 0) is 14.6 Å². The van der Waals surface area contributed by atoms with Crippen LogP contribution in [0, 0.1) is 0 Å². The second-order valence-electron chi connectivity index (χ2n) is 5.26. The Balaban J connectivity index is 2.08. The SMILES string of the molecule is CC(C(=O)O)N(CCS(=O)(=O)c1cccc(Br)c1)C1CC1. The van der Waals surface area contributed by atoms with Gasteiger partial charge in [-0.1, -0.05) is 22.0 Å². The molecule has 0 bridgehead atoms. The lowest BCUT2D eigenvalue weighted by molar-refractivity contribution is -0.142. The quantitative estimate of drug-likeness (QED) is 0.790. The van der Waals surface area contributed by atoms with Gasteiger partial charge < -0.3 is 5.11 Å². The van der Waals surface area contributed by atoms with Crippen LogP contribution in [0.2, 0.25) is 0 Å².